The molecule has 1 unspecified atom stereocenters. The average molecular weight is 411 g/mol. The molecule has 2 aliphatic heterocycles. The topological polar surface area (TPSA) is 50.6 Å². The maximum Gasteiger partial charge on any atom is 0.261 e. The van der Waals surface area contributed by atoms with Crippen molar-refractivity contribution >= 4 is 10.9 Å². The van der Waals surface area contributed by atoms with Gasteiger partial charge in [0.25, 0.3) is 5.56 Å². The van der Waals surface area contributed by atoms with E-state index < -0.39 is 0 Å². The number of fused-ring (bicyclic) bond motifs is 1. The summed E-state index contributed by atoms with van der Waals surface area (Å²) >= 11 is 0. The quantitative estimate of drug-likeness (QED) is 0.756. The van der Waals surface area contributed by atoms with Crippen LogP contribution < -0.4 is 5.56 Å². The highest BCUT2D eigenvalue weighted by molar-refractivity contribution is 5.77. The van der Waals surface area contributed by atoms with Gasteiger partial charge in [-0.25, -0.2) is 4.98 Å². The highest BCUT2D eigenvalue weighted by Gasteiger charge is 2.33. The molecule has 0 bridgehead atoms. The van der Waals surface area contributed by atoms with Crippen LogP contribution in [0.3, 0.4) is 0 Å². The SMILES string of the molecule is O=c1c2ccccc2nc(C2CCCN2CCN2CCCOCC2)n1C1CCCC1. The van der Waals surface area contributed by atoms with Gasteiger partial charge < -0.3 is 4.74 Å². The van der Waals surface area contributed by atoms with Crippen molar-refractivity contribution in [3.8, 4) is 0 Å². The van der Waals surface area contributed by atoms with Crippen LogP contribution in [0.2, 0.25) is 0 Å². The highest BCUT2D eigenvalue weighted by Crippen LogP contribution is 2.36. The van der Waals surface area contributed by atoms with Crippen molar-refractivity contribution in [1.82, 2.24) is 19.4 Å². The monoisotopic (exact) mass is 410 g/mol. The van der Waals surface area contributed by atoms with Crippen LogP contribution in [-0.4, -0.2) is 65.3 Å². The molecule has 1 saturated carbocycles. The third-order valence-corrected chi connectivity index (χ3v) is 7.20. The Morgan fingerprint density at radius 1 is 0.933 bits per heavy atom. The molecule has 2 saturated heterocycles. The maximum atomic E-state index is 13.5. The minimum Gasteiger partial charge on any atom is -0.380 e. The fraction of sp³-hybridized carbons (Fsp3) is 0.667. The smallest absolute Gasteiger partial charge is 0.261 e. The number of rotatable bonds is 5. The molecule has 1 aromatic carbocycles. The van der Waals surface area contributed by atoms with E-state index in [-0.39, 0.29) is 11.6 Å². The number of nitrogens with zero attached hydrogens (tertiary/aromatic N) is 4. The molecule has 5 rings (SSSR count). The molecule has 0 N–H and O–H groups in total. The Morgan fingerprint density at radius 3 is 2.70 bits per heavy atom. The van der Waals surface area contributed by atoms with Crippen molar-refractivity contribution in [2.24, 2.45) is 0 Å². The predicted octanol–water partition coefficient (Wildman–Crippen LogP) is 3.37. The van der Waals surface area contributed by atoms with E-state index in [0.717, 1.165) is 88.3 Å². The summed E-state index contributed by atoms with van der Waals surface area (Å²) < 4.78 is 7.71. The van der Waals surface area contributed by atoms with Gasteiger partial charge in [0.1, 0.15) is 5.82 Å². The highest BCUT2D eigenvalue weighted by atomic mass is 16.5. The van der Waals surface area contributed by atoms with E-state index in [9.17, 15) is 4.79 Å². The Labute approximate surface area is 178 Å². The fourth-order valence-electron chi connectivity index (χ4n) is 5.59. The van der Waals surface area contributed by atoms with Crippen LogP contribution in [0.4, 0.5) is 0 Å². The van der Waals surface area contributed by atoms with Crippen molar-refractivity contribution in [1.29, 1.82) is 0 Å². The van der Waals surface area contributed by atoms with Gasteiger partial charge in [-0.1, -0.05) is 25.0 Å². The molecule has 30 heavy (non-hydrogen) atoms. The van der Waals surface area contributed by atoms with Crippen molar-refractivity contribution in [3.63, 3.8) is 0 Å². The molecule has 1 aliphatic carbocycles. The largest absolute Gasteiger partial charge is 0.380 e. The lowest BCUT2D eigenvalue weighted by atomic mass is 10.1. The van der Waals surface area contributed by atoms with Crippen molar-refractivity contribution in [2.75, 3.05) is 45.9 Å². The van der Waals surface area contributed by atoms with Gasteiger partial charge in [0.15, 0.2) is 0 Å². The van der Waals surface area contributed by atoms with Gasteiger partial charge in [-0.15, -0.1) is 0 Å². The van der Waals surface area contributed by atoms with Crippen LogP contribution in [0.25, 0.3) is 10.9 Å². The summed E-state index contributed by atoms with van der Waals surface area (Å²) in [7, 11) is 0. The minimum absolute atomic E-state index is 0.166. The van der Waals surface area contributed by atoms with Crippen molar-refractivity contribution in [3.05, 3.63) is 40.4 Å². The van der Waals surface area contributed by atoms with Crippen LogP contribution in [0.1, 0.15) is 62.9 Å². The van der Waals surface area contributed by atoms with E-state index in [4.69, 9.17) is 9.72 Å². The molecule has 0 amide bonds. The Bertz CT molecular complexity index is 913. The third kappa shape index (κ3) is 4.05. The van der Waals surface area contributed by atoms with Gasteiger partial charge in [-0.05, 0) is 50.8 Å². The molecule has 0 radical (unpaired) electrons. The molecule has 0 spiro atoms. The molecule has 162 valence electrons. The van der Waals surface area contributed by atoms with E-state index in [2.05, 4.69) is 14.4 Å². The van der Waals surface area contributed by atoms with Crippen LogP contribution in [-0.2, 0) is 4.74 Å². The molecule has 6 nitrogen and oxygen atoms in total. The summed E-state index contributed by atoms with van der Waals surface area (Å²) in [6.07, 6.45) is 8.04. The Kier molecular flexibility index (Phi) is 6.16. The molecule has 6 heteroatoms. The second-order valence-corrected chi connectivity index (χ2v) is 9.10. The van der Waals surface area contributed by atoms with Crippen LogP contribution in [0.15, 0.2) is 29.1 Å². The van der Waals surface area contributed by atoms with Crippen LogP contribution in [0.5, 0.6) is 0 Å². The second kappa shape index (κ2) is 9.16. The van der Waals surface area contributed by atoms with Gasteiger partial charge in [-0.2, -0.15) is 0 Å². The zero-order valence-corrected chi connectivity index (χ0v) is 18.0. The number of benzene rings is 1. The first kappa shape index (κ1) is 20.2. The molecular weight excluding hydrogens is 376 g/mol. The number of likely N-dealkylation sites (tertiary alicyclic amines) is 1. The summed E-state index contributed by atoms with van der Waals surface area (Å²) in [5, 5.41) is 0.766. The van der Waals surface area contributed by atoms with E-state index in [1.165, 1.54) is 19.3 Å². The first-order chi connectivity index (χ1) is 14.8. The Balaban J connectivity index is 1.44. The molecule has 2 aromatic rings. The first-order valence-corrected chi connectivity index (χ1v) is 11.9. The summed E-state index contributed by atoms with van der Waals surface area (Å²) in [6, 6.07) is 8.45. The summed E-state index contributed by atoms with van der Waals surface area (Å²) in [4.78, 5) is 23.7. The zero-order chi connectivity index (χ0) is 20.3. The van der Waals surface area contributed by atoms with Crippen LogP contribution in [0, 0.1) is 0 Å². The summed E-state index contributed by atoms with van der Waals surface area (Å²) in [5.74, 6) is 1.02. The lowest BCUT2D eigenvalue weighted by molar-refractivity contribution is 0.136. The zero-order valence-electron chi connectivity index (χ0n) is 18.0. The molecule has 1 aromatic heterocycles. The number of hydrogen-bond donors (Lipinski definition) is 0. The molecule has 3 aliphatic rings. The third-order valence-electron chi connectivity index (χ3n) is 7.20. The number of hydrogen-bond acceptors (Lipinski definition) is 5. The normalized spacial score (nSPS) is 24.6. The Hall–Kier alpha value is -1.76. The number of para-hydroxylation sites is 1. The maximum absolute atomic E-state index is 13.5. The summed E-state index contributed by atoms with van der Waals surface area (Å²) in [5.41, 5.74) is 1.02. The molecule has 1 atom stereocenters. The van der Waals surface area contributed by atoms with Gasteiger partial charge >= 0.3 is 0 Å². The van der Waals surface area contributed by atoms with Gasteiger partial charge in [0.05, 0.1) is 23.6 Å². The van der Waals surface area contributed by atoms with Crippen LogP contribution >= 0.6 is 0 Å². The lowest BCUT2D eigenvalue weighted by Crippen LogP contribution is -2.38. The molecular formula is C24H34N4O2. The predicted molar refractivity (Wildman–Crippen MR) is 119 cm³/mol. The number of aromatic nitrogens is 2. The van der Waals surface area contributed by atoms with E-state index in [1.807, 2.05) is 24.3 Å². The van der Waals surface area contributed by atoms with Gasteiger partial charge in [0.2, 0.25) is 0 Å². The molecule has 3 fully saturated rings. The van der Waals surface area contributed by atoms with Gasteiger partial charge in [-0.3, -0.25) is 19.2 Å². The average Bonchev–Trinajstić information content (AvgIpc) is 3.40. The van der Waals surface area contributed by atoms with E-state index in [1.54, 1.807) is 0 Å². The standard InChI is InChI=1S/C24H34N4O2/c29-24-20-9-3-4-10-21(20)25-23(28(24)19-7-1-2-8-19)22-11-5-13-27(22)15-14-26-12-6-17-30-18-16-26/h3-4,9-10,19,22H,1-2,5-8,11-18H2. The fourth-order valence-corrected chi connectivity index (χ4v) is 5.59. The minimum atomic E-state index is 0.166. The molecule has 3 heterocycles. The second-order valence-electron chi connectivity index (χ2n) is 9.10. The van der Waals surface area contributed by atoms with Gasteiger partial charge in [0, 0.05) is 38.8 Å². The van der Waals surface area contributed by atoms with E-state index >= 15 is 0 Å². The Morgan fingerprint density at radius 2 is 1.80 bits per heavy atom. The lowest BCUT2D eigenvalue weighted by Gasteiger charge is -2.30. The number of ether oxygens (including phenoxy) is 1. The first-order valence-electron chi connectivity index (χ1n) is 11.9. The van der Waals surface area contributed by atoms with E-state index in [0.29, 0.717) is 6.04 Å². The summed E-state index contributed by atoms with van der Waals surface area (Å²) in [6.45, 7) is 7.09. The van der Waals surface area contributed by atoms with Crippen molar-refractivity contribution in [2.45, 2.75) is 57.0 Å². The van der Waals surface area contributed by atoms with Crippen molar-refractivity contribution < 1.29 is 4.74 Å².